The Bertz CT molecular complexity index is 1150. The number of halogens is 2. The third kappa shape index (κ3) is 4.85. The summed E-state index contributed by atoms with van der Waals surface area (Å²) < 4.78 is 45.9. The van der Waals surface area contributed by atoms with Crippen molar-refractivity contribution in [2.75, 3.05) is 17.1 Å². The van der Waals surface area contributed by atoms with Crippen LogP contribution in [0.15, 0.2) is 71.6 Å². The van der Waals surface area contributed by atoms with Crippen molar-refractivity contribution in [2.24, 2.45) is 0 Å². The molecule has 0 radical (unpaired) electrons. The molecule has 0 bridgehead atoms. The van der Waals surface area contributed by atoms with Crippen molar-refractivity contribution in [1.82, 2.24) is 0 Å². The van der Waals surface area contributed by atoms with Crippen molar-refractivity contribution in [3.8, 4) is 5.75 Å². The van der Waals surface area contributed by atoms with Crippen LogP contribution in [0.3, 0.4) is 0 Å². The Balaban J connectivity index is 1.78. The average molecular weight is 435 g/mol. The number of carbonyl (C=O) groups excluding carboxylic acids is 1. The number of hydrogen-bond donors (Lipinski definition) is 2. The first-order chi connectivity index (χ1) is 13.8. The average Bonchev–Trinajstić information content (AvgIpc) is 2.70. The fourth-order valence-corrected chi connectivity index (χ4v) is 3.74. The van der Waals surface area contributed by atoms with Crippen molar-refractivity contribution in [2.45, 2.75) is 4.90 Å². The third-order valence-electron chi connectivity index (χ3n) is 3.95. The van der Waals surface area contributed by atoms with E-state index in [2.05, 4.69) is 10.0 Å². The second kappa shape index (κ2) is 8.50. The molecule has 0 fully saturated rings. The standard InChI is InChI=1S/C20H16ClFN2O4S/c1-28-19-11-8-14(21)12-18(19)23-20(25)13-6-9-15(10-7-13)29(26,27)24-17-5-3-2-4-16(17)22/h2-12,24H,1H3,(H,23,25). The number of anilines is 2. The Kier molecular flexibility index (Phi) is 6.05. The number of para-hydroxylation sites is 1. The van der Waals surface area contributed by atoms with Gasteiger partial charge in [-0.25, -0.2) is 12.8 Å². The van der Waals surface area contributed by atoms with E-state index in [9.17, 15) is 17.6 Å². The van der Waals surface area contributed by atoms with Crippen LogP contribution in [0.4, 0.5) is 15.8 Å². The lowest BCUT2D eigenvalue weighted by atomic mass is 10.2. The lowest BCUT2D eigenvalue weighted by molar-refractivity contribution is 0.102. The maximum atomic E-state index is 13.7. The Labute approximate surface area is 172 Å². The summed E-state index contributed by atoms with van der Waals surface area (Å²) in [6.07, 6.45) is 0. The molecule has 2 N–H and O–H groups in total. The van der Waals surface area contributed by atoms with Crippen LogP contribution in [0.1, 0.15) is 10.4 Å². The molecule has 3 aromatic rings. The number of amides is 1. The van der Waals surface area contributed by atoms with E-state index < -0.39 is 21.7 Å². The Morgan fingerprint density at radius 1 is 1.00 bits per heavy atom. The summed E-state index contributed by atoms with van der Waals surface area (Å²) in [4.78, 5) is 12.4. The maximum Gasteiger partial charge on any atom is 0.261 e. The topological polar surface area (TPSA) is 84.5 Å². The van der Waals surface area contributed by atoms with Crippen LogP contribution in [-0.2, 0) is 10.0 Å². The molecule has 0 unspecified atom stereocenters. The van der Waals surface area contributed by atoms with Crippen LogP contribution < -0.4 is 14.8 Å². The van der Waals surface area contributed by atoms with E-state index in [1.54, 1.807) is 12.1 Å². The first kappa shape index (κ1) is 20.6. The fourth-order valence-electron chi connectivity index (χ4n) is 2.51. The lowest BCUT2D eigenvalue weighted by Gasteiger charge is -2.11. The quantitative estimate of drug-likeness (QED) is 0.596. The molecule has 29 heavy (non-hydrogen) atoms. The monoisotopic (exact) mass is 434 g/mol. The number of methoxy groups -OCH3 is 1. The zero-order chi connectivity index (χ0) is 21.0. The molecular weight excluding hydrogens is 419 g/mol. The van der Waals surface area contributed by atoms with Gasteiger partial charge in [0.2, 0.25) is 0 Å². The smallest absolute Gasteiger partial charge is 0.261 e. The van der Waals surface area contributed by atoms with Crippen molar-refractivity contribution in [3.05, 3.63) is 83.1 Å². The summed E-state index contributed by atoms with van der Waals surface area (Å²) in [5.74, 6) is -0.741. The van der Waals surface area contributed by atoms with E-state index in [0.717, 1.165) is 6.07 Å². The molecule has 0 spiro atoms. The molecule has 9 heteroatoms. The number of sulfonamides is 1. The molecule has 6 nitrogen and oxygen atoms in total. The summed E-state index contributed by atoms with van der Waals surface area (Å²) in [6, 6.07) is 15.4. The lowest BCUT2D eigenvalue weighted by Crippen LogP contribution is -2.15. The van der Waals surface area contributed by atoms with Crippen LogP contribution in [0.25, 0.3) is 0 Å². The van der Waals surface area contributed by atoms with Crippen LogP contribution in [0.5, 0.6) is 5.75 Å². The van der Waals surface area contributed by atoms with E-state index in [4.69, 9.17) is 16.3 Å². The molecule has 0 atom stereocenters. The summed E-state index contributed by atoms with van der Waals surface area (Å²) in [7, 11) is -2.55. The van der Waals surface area contributed by atoms with E-state index >= 15 is 0 Å². The van der Waals surface area contributed by atoms with Gasteiger partial charge in [-0.1, -0.05) is 23.7 Å². The van der Waals surface area contributed by atoms with Gasteiger partial charge < -0.3 is 10.1 Å². The molecule has 0 aromatic heterocycles. The molecule has 0 saturated carbocycles. The van der Waals surface area contributed by atoms with Crippen molar-refractivity contribution >= 4 is 38.9 Å². The van der Waals surface area contributed by atoms with E-state index in [1.165, 1.54) is 55.6 Å². The van der Waals surface area contributed by atoms with E-state index in [-0.39, 0.29) is 16.1 Å². The van der Waals surface area contributed by atoms with Gasteiger partial charge in [-0.2, -0.15) is 0 Å². The second-order valence-corrected chi connectivity index (χ2v) is 8.03. The molecule has 1 amide bonds. The van der Waals surface area contributed by atoms with Gasteiger partial charge in [-0.3, -0.25) is 9.52 Å². The van der Waals surface area contributed by atoms with Gasteiger partial charge >= 0.3 is 0 Å². The Hall–Kier alpha value is -3.10. The summed E-state index contributed by atoms with van der Waals surface area (Å²) in [5, 5.41) is 3.08. The van der Waals surface area contributed by atoms with Crippen LogP contribution in [0.2, 0.25) is 5.02 Å². The minimum Gasteiger partial charge on any atom is -0.495 e. The largest absolute Gasteiger partial charge is 0.495 e. The minimum absolute atomic E-state index is 0.113. The highest BCUT2D eigenvalue weighted by atomic mass is 35.5. The summed E-state index contributed by atoms with van der Waals surface area (Å²) >= 11 is 5.94. The third-order valence-corrected chi connectivity index (χ3v) is 5.57. The highest BCUT2D eigenvalue weighted by Gasteiger charge is 2.17. The Morgan fingerprint density at radius 3 is 2.34 bits per heavy atom. The second-order valence-electron chi connectivity index (χ2n) is 5.91. The molecule has 3 aromatic carbocycles. The predicted molar refractivity (Wildman–Crippen MR) is 110 cm³/mol. The van der Waals surface area contributed by atoms with Gasteiger partial charge in [0.05, 0.1) is 23.4 Å². The molecule has 0 aliphatic rings. The molecule has 0 saturated heterocycles. The van der Waals surface area contributed by atoms with Gasteiger partial charge in [0.15, 0.2) is 0 Å². The van der Waals surface area contributed by atoms with Gasteiger partial charge in [-0.15, -0.1) is 0 Å². The highest BCUT2D eigenvalue weighted by Crippen LogP contribution is 2.28. The van der Waals surface area contributed by atoms with E-state index in [0.29, 0.717) is 16.5 Å². The van der Waals surface area contributed by atoms with Crippen LogP contribution >= 0.6 is 11.6 Å². The predicted octanol–water partition coefficient (Wildman–Crippen LogP) is 4.54. The number of carbonyl (C=O) groups is 1. The minimum atomic E-state index is -4.01. The molecule has 0 aliphatic carbocycles. The highest BCUT2D eigenvalue weighted by molar-refractivity contribution is 7.92. The van der Waals surface area contributed by atoms with E-state index in [1.807, 2.05) is 0 Å². The van der Waals surface area contributed by atoms with Gasteiger partial charge in [-0.05, 0) is 54.6 Å². The summed E-state index contributed by atoms with van der Waals surface area (Å²) in [6.45, 7) is 0. The van der Waals surface area contributed by atoms with Gasteiger partial charge in [0.25, 0.3) is 15.9 Å². The van der Waals surface area contributed by atoms with Gasteiger partial charge in [0, 0.05) is 10.6 Å². The molecular formula is C20H16ClFN2O4S. The number of hydrogen-bond acceptors (Lipinski definition) is 4. The molecule has 0 heterocycles. The van der Waals surface area contributed by atoms with Crippen molar-refractivity contribution in [1.29, 1.82) is 0 Å². The van der Waals surface area contributed by atoms with Gasteiger partial charge in [0.1, 0.15) is 11.6 Å². The Morgan fingerprint density at radius 2 is 1.69 bits per heavy atom. The molecule has 0 aliphatic heterocycles. The maximum absolute atomic E-state index is 13.7. The zero-order valence-corrected chi connectivity index (χ0v) is 16.7. The molecule has 150 valence electrons. The van der Waals surface area contributed by atoms with Crippen LogP contribution in [0, 0.1) is 5.82 Å². The first-order valence-corrected chi connectivity index (χ1v) is 10.2. The first-order valence-electron chi connectivity index (χ1n) is 8.32. The molecule has 3 rings (SSSR count). The summed E-state index contributed by atoms with van der Waals surface area (Å²) in [5.41, 5.74) is 0.433. The van der Waals surface area contributed by atoms with Crippen molar-refractivity contribution in [3.63, 3.8) is 0 Å². The number of ether oxygens (including phenoxy) is 1. The van der Waals surface area contributed by atoms with Crippen molar-refractivity contribution < 1.29 is 22.3 Å². The normalized spacial score (nSPS) is 11.0. The number of rotatable bonds is 6. The SMILES string of the molecule is COc1ccc(Cl)cc1NC(=O)c1ccc(S(=O)(=O)Nc2ccccc2F)cc1. The van der Waals surface area contributed by atoms with Crippen LogP contribution in [-0.4, -0.2) is 21.4 Å². The number of nitrogens with one attached hydrogen (secondary N) is 2. The number of benzene rings is 3. The zero-order valence-electron chi connectivity index (χ0n) is 15.1. The fraction of sp³-hybridized carbons (Fsp3) is 0.0500.